The number of halogens is 3. The molecule has 0 fully saturated rings. The van der Waals surface area contributed by atoms with Gasteiger partial charge in [0.25, 0.3) is 5.56 Å². The number of hydrogen-bond acceptors (Lipinski definition) is 3. The highest BCUT2D eigenvalue weighted by molar-refractivity contribution is 9.10. The number of aliphatic hydroxyl groups excluding tert-OH is 1. The summed E-state index contributed by atoms with van der Waals surface area (Å²) in [5.74, 6) is 0.0478. The Hall–Kier alpha value is -2.25. The van der Waals surface area contributed by atoms with Gasteiger partial charge in [0.05, 0.1) is 13.2 Å². The second kappa shape index (κ2) is 7.33. The zero-order valence-electron chi connectivity index (χ0n) is 13.0. The molecular formula is C18H14BrF2NO3. The van der Waals surface area contributed by atoms with Crippen LogP contribution in [0.1, 0.15) is 11.1 Å². The summed E-state index contributed by atoms with van der Waals surface area (Å²) in [6.07, 6.45) is 1.65. The Labute approximate surface area is 150 Å². The number of hydrogen-bond donors (Lipinski definition) is 1. The van der Waals surface area contributed by atoms with Gasteiger partial charge in [-0.05, 0) is 41.5 Å². The molecule has 3 aromatic rings. The summed E-state index contributed by atoms with van der Waals surface area (Å²) < 4.78 is 31.2. The number of nitrogens with zero attached hydrogens (tertiary/aromatic N) is 1. The third kappa shape index (κ3) is 3.88. The summed E-state index contributed by atoms with van der Waals surface area (Å²) in [6.45, 7) is -2.85. The van der Waals surface area contributed by atoms with Crippen LogP contribution < -0.4 is 10.3 Å². The van der Waals surface area contributed by atoms with E-state index in [0.717, 1.165) is 9.86 Å². The summed E-state index contributed by atoms with van der Waals surface area (Å²) in [7, 11) is 0. The van der Waals surface area contributed by atoms with Crippen molar-refractivity contribution in [3.8, 4) is 5.75 Å². The smallest absolute Gasteiger partial charge is 0.387 e. The van der Waals surface area contributed by atoms with E-state index >= 15 is 0 Å². The van der Waals surface area contributed by atoms with Gasteiger partial charge in [-0.25, -0.2) is 0 Å². The van der Waals surface area contributed by atoms with Gasteiger partial charge in [0.15, 0.2) is 0 Å². The maximum Gasteiger partial charge on any atom is 0.387 e. The molecule has 7 heteroatoms. The van der Waals surface area contributed by atoms with Crippen molar-refractivity contribution in [2.75, 3.05) is 0 Å². The predicted molar refractivity (Wildman–Crippen MR) is 94.0 cm³/mol. The van der Waals surface area contributed by atoms with Crippen LogP contribution in [-0.2, 0) is 13.2 Å². The van der Waals surface area contributed by atoms with E-state index in [1.54, 1.807) is 36.5 Å². The van der Waals surface area contributed by atoms with Crippen molar-refractivity contribution in [1.29, 1.82) is 0 Å². The van der Waals surface area contributed by atoms with Gasteiger partial charge < -0.3 is 14.4 Å². The van der Waals surface area contributed by atoms with Gasteiger partial charge >= 0.3 is 6.61 Å². The Morgan fingerprint density at radius 1 is 1.12 bits per heavy atom. The molecule has 0 aliphatic rings. The Morgan fingerprint density at radius 3 is 2.64 bits per heavy atom. The third-order valence-electron chi connectivity index (χ3n) is 3.76. The number of pyridine rings is 1. The fourth-order valence-electron chi connectivity index (χ4n) is 2.64. The number of aliphatic hydroxyl groups is 1. The van der Waals surface area contributed by atoms with Gasteiger partial charge in [0, 0.05) is 21.4 Å². The van der Waals surface area contributed by atoms with E-state index < -0.39 is 6.61 Å². The van der Waals surface area contributed by atoms with Crippen LogP contribution in [0, 0.1) is 0 Å². The second-order valence-corrected chi connectivity index (χ2v) is 6.33. The van der Waals surface area contributed by atoms with Crippen LogP contribution >= 0.6 is 15.9 Å². The second-order valence-electron chi connectivity index (χ2n) is 5.47. The van der Waals surface area contributed by atoms with E-state index in [2.05, 4.69) is 20.7 Å². The first kappa shape index (κ1) is 17.6. The quantitative estimate of drug-likeness (QED) is 0.694. The monoisotopic (exact) mass is 409 g/mol. The van der Waals surface area contributed by atoms with Crippen molar-refractivity contribution in [3.05, 3.63) is 74.6 Å². The van der Waals surface area contributed by atoms with Crippen molar-refractivity contribution >= 4 is 26.7 Å². The summed E-state index contributed by atoms with van der Waals surface area (Å²) in [4.78, 5) is 12.7. The Kier molecular flexibility index (Phi) is 5.15. The largest absolute Gasteiger partial charge is 0.435 e. The minimum atomic E-state index is -2.90. The van der Waals surface area contributed by atoms with E-state index in [-0.39, 0.29) is 24.5 Å². The third-order valence-corrected chi connectivity index (χ3v) is 4.42. The highest BCUT2D eigenvalue weighted by atomic mass is 79.9. The zero-order valence-corrected chi connectivity index (χ0v) is 14.5. The normalized spacial score (nSPS) is 11.2. The van der Waals surface area contributed by atoms with E-state index in [4.69, 9.17) is 0 Å². The maximum absolute atomic E-state index is 12.7. The lowest BCUT2D eigenvalue weighted by molar-refractivity contribution is -0.0498. The fraction of sp³-hybridized carbons (Fsp3) is 0.167. The fourth-order valence-corrected chi connectivity index (χ4v) is 3.28. The minimum absolute atomic E-state index is 0.0478. The molecule has 0 amide bonds. The van der Waals surface area contributed by atoms with Crippen molar-refractivity contribution < 1.29 is 18.6 Å². The molecule has 1 N–H and O–H groups in total. The molecule has 4 nitrogen and oxygen atoms in total. The molecule has 25 heavy (non-hydrogen) atoms. The van der Waals surface area contributed by atoms with Crippen LogP contribution in [-0.4, -0.2) is 16.3 Å². The molecule has 0 bridgehead atoms. The summed E-state index contributed by atoms with van der Waals surface area (Å²) in [6, 6.07) is 11.4. The Bertz CT molecular complexity index is 972. The van der Waals surface area contributed by atoms with Crippen molar-refractivity contribution in [2.45, 2.75) is 19.8 Å². The van der Waals surface area contributed by atoms with Crippen LogP contribution in [0.15, 0.2) is 57.9 Å². The lowest BCUT2D eigenvalue weighted by Gasteiger charge is -2.11. The molecule has 0 aliphatic carbocycles. The number of aromatic nitrogens is 1. The molecule has 1 aromatic heterocycles. The predicted octanol–water partition coefficient (Wildman–Crippen LogP) is 3.91. The first-order valence-electron chi connectivity index (χ1n) is 7.44. The van der Waals surface area contributed by atoms with Gasteiger partial charge in [-0.15, -0.1) is 0 Å². The minimum Gasteiger partial charge on any atom is -0.435 e. The van der Waals surface area contributed by atoms with Gasteiger partial charge in [-0.1, -0.05) is 28.1 Å². The first-order valence-corrected chi connectivity index (χ1v) is 8.23. The molecule has 0 unspecified atom stereocenters. The molecule has 0 saturated heterocycles. The highest BCUT2D eigenvalue weighted by Crippen LogP contribution is 2.24. The van der Waals surface area contributed by atoms with E-state index in [1.807, 2.05) is 0 Å². The molecule has 0 saturated carbocycles. The Balaban J connectivity index is 2.00. The number of alkyl halides is 2. The van der Waals surface area contributed by atoms with Crippen LogP contribution in [0.3, 0.4) is 0 Å². The molecule has 130 valence electrons. The first-order chi connectivity index (χ1) is 12.0. The van der Waals surface area contributed by atoms with Gasteiger partial charge in [0.2, 0.25) is 0 Å². The van der Waals surface area contributed by atoms with Crippen LogP contribution in [0.4, 0.5) is 8.78 Å². The van der Waals surface area contributed by atoms with Crippen molar-refractivity contribution in [2.24, 2.45) is 0 Å². The molecule has 3 rings (SSSR count). The summed E-state index contributed by atoms with van der Waals surface area (Å²) in [5, 5.41) is 10.5. The zero-order chi connectivity index (χ0) is 18.0. The van der Waals surface area contributed by atoms with Crippen molar-refractivity contribution in [3.63, 3.8) is 0 Å². The van der Waals surface area contributed by atoms with Crippen molar-refractivity contribution in [1.82, 2.24) is 4.57 Å². The molecule has 0 radical (unpaired) electrons. The van der Waals surface area contributed by atoms with E-state index in [1.165, 1.54) is 16.7 Å². The van der Waals surface area contributed by atoms with E-state index in [9.17, 15) is 18.7 Å². The van der Waals surface area contributed by atoms with Crippen LogP contribution in [0.25, 0.3) is 10.8 Å². The van der Waals surface area contributed by atoms with Crippen LogP contribution in [0.5, 0.6) is 5.75 Å². The maximum atomic E-state index is 12.7. The molecule has 1 heterocycles. The molecule has 2 aromatic carbocycles. The summed E-state index contributed by atoms with van der Waals surface area (Å²) >= 11 is 3.40. The molecule has 0 aliphatic heterocycles. The van der Waals surface area contributed by atoms with Crippen LogP contribution in [0.2, 0.25) is 0 Å². The number of fused-ring (bicyclic) bond motifs is 1. The standard InChI is InChI=1S/C18H14BrF2NO3/c19-16-8-12(10-23)7-15-14(16)4-5-22(17(15)24)9-11-2-1-3-13(6-11)25-18(20)21/h1-8,18,23H,9-10H2. The highest BCUT2D eigenvalue weighted by Gasteiger charge is 2.09. The van der Waals surface area contributed by atoms with E-state index in [0.29, 0.717) is 16.5 Å². The number of ether oxygens (including phenoxy) is 1. The van der Waals surface area contributed by atoms with Gasteiger partial charge in [-0.2, -0.15) is 8.78 Å². The SMILES string of the molecule is O=c1c2cc(CO)cc(Br)c2ccn1Cc1cccc(OC(F)F)c1. The summed E-state index contributed by atoms with van der Waals surface area (Å²) in [5.41, 5.74) is 1.06. The number of benzene rings is 2. The molecule has 0 atom stereocenters. The Morgan fingerprint density at radius 2 is 1.92 bits per heavy atom. The molecule has 0 spiro atoms. The van der Waals surface area contributed by atoms with Gasteiger partial charge in [-0.3, -0.25) is 4.79 Å². The average molecular weight is 410 g/mol. The lowest BCUT2D eigenvalue weighted by atomic mass is 10.1. The average Bonchev–Trinajstić information content (AvgIpc) is 2.57. The lowest BCUT2D eigenvalue weighted by Crippen LogP contribution is -2.20. The topological polar surface area (TPSA) is 51.5 Å². The van der Waals surface area contributed by atoms with Gasteiger partial charge in [0.1, 0.15) is 5.75 Å². The number of rotatable bonds is 5. The molecular weight excluding hydrogens is 396 g/mol.